The van der Waals surface area contributed by atoms with Crippen LogP contribution in [0, 0.1) is 6.92 Å². The summed E-state index contributed by atoms with van der Waals surface area (Å²) in [5, 5.41) is 0. The maximum atomic E-state index is 5.83. The van der Waals surface area contributed by atoms with Gasteiger partial charge in [-0.25, -0.2) is 9.97 Å². The third kappa shape index (κ3) is 2.17. The Kier molecular flexibility index (Phi) is 3.22. The summed E-state index contributed by atoms with van der Waals surface area (Å²) < 4.78 is 0. The van der Waals surface area contributed by atoms with E-state index < -0.39 is 0 Å². The Bertz CT molecular complexity index is 301. The van der Waals surface area contributed by atoms with Crippen LogP contribution in [0.2, 0.25) is 0 Å². The van der Waals surface area contributed by atoms with Gasteiger partial charge in [0.15, 0.2) is 0 Å². The van der Waals surface area contributed by atoms with E-state index in [0.717, 1.165) is 25.1 Å². The standard InChI is InChI=1S/C9H13N3.ClH/c1-6-11-5-7-4-8(10)2-3-9(7)12-6;/h5,8H,2-4,10H2,1H3;1H. The van der Waals surface area contributed by atoms with Gasteiger partial charge in [0.05, 0.1) is 0 Å². The second-order valence-electron chi connectivity index (χ2n) is 3.39. The minimum absolute atomic E-state index is 0. The molecule has 0 spiro atoms. The van der Waals surface area contributed by atoms with Crippen molar-refractivity contribution in [2.45, 2.75) is 32.2 Å². The maximum absolute atomic E-state index is 5.83. The summed E-state index contributed by atoms with van der Waals surface area (Å²) in [6.07, 6.45) is 4.93. The third-order valence-electron chi connectivity index (χ3n) is 2.31. The first-order chi connectivity index (χ1) is 5.75. The molecule has 0 radical (unpaired) electrons. The van der Waals surface area contributed by atoms with Crippen LogP contribution in [-0.4, -0.2) is 16.0 Å². The van der Waals surface area contributed by atoms with E-state index in [2.05, 4.69) is 9.97 Å². The number of halogens is 1. The zero-order chi connectivity index (χ0) is 8.55. The fourth-order valence-electron chi connectivity index (χ4n) is 1.64. The van der Waals surface area contributed by atoms with Gasteiger partial charge in [-0.15, -0.1) is 12.4 Å². The van der Waals surface area contributed by atoms with E-state index in [-0.39, 0.29) is 12.4 Å². The van der Waals surface area contributed by atoms with Gasteiger partial charge in [0.2, 0.25) is 0 Å². The van der Waals surface area contributed by atoms with Crippen LogP contribution < -0.4 is 5.73 Å². The predicted octanol–water partition coefficient (Wildman–Crippen LogP) is 1.02. The van der Waals surface area contributed by atoms with Gasteiger partial charge in [-0.3, -0.25) is 0 Å². The molecule has 1 aromatic rings. The quantitative estimate of drug-likeness (QED) is 0.679. The van der Waals surface area contributed by atoms with Gasteiger partial charge in [-0.2, -0.15) is 0 Å². The second-order valence-corrected chi connectivity index (χ2v) is 3.39. The SMILES string of the molecule is Cc1ncc2c(n1)CCC(N)C2.Cl. The molecule has 1 aromatic heterocycles. The topological polar surface area (TPSA) is 51.8 Å². The van der Waals surface area contributed by atoms with E-state index in [1.807, 2.05) is 13.1 Å². The van der Waals surface area contributed by atoms with E-state index in [9.17, 15) is 0 Å². The number of rotatable bonds is 0. The van der Waals surface area contributed by atoms with Crippen molar-refractivity contribution in [2.75, 3.05) is 0 Å². The lowest BCUT2D eigenvalue weighted by Crippen LogP contribution is -2.28. The molecule has 0 bridgehead atoms. The molecule has 72 valence electrons. The molecule has 0 amide bonds. The predicted molar refractivity (Wildman–Crippen MR) is 54.0 cm³/mol. The van der Waals surface area contributed by atoms with E-state index >= 15 is 0 Å². The Morgan fingerprint density at radius 1 is 1.54 bits per heavy atom. The number of nitrogens with two attached hydrogens (primary N) is 1. The Morgan fingerprint density at radius 3 is 3.08 bits per heavy atom. The summed E-state index contributed by atoms with van der Waals surface area (Å²) in [6, 6.07) is 0.309. The summed E-state index contributed by atoms with van der Waals surface area (Å²) in [6.45, 7) is 1.93. The van der Waals surface area contributed by atoms with Crippen LogP contribution in [0.15, 0.2) is 6.20 Å². The number of aromatic nitrogens is 2. The lowest BCUT2D eigenvalue weighted by Gasteiger charge is -2.19. The van der Waals surface area contributed by atoms with Gasteiger partial charge in [-0.05, 0) is 31.7 Å². The smallest absolute Gasteiger partial charge is 0.125 e. The first-order valence-corrected chi connectivity index (χ1v) is 4.32. The minimum atomic E-state index is 0. The van der Waals surface area contributed by atoms with Crippen molar-refractivity contribution in [3.8, 4) is 0 Å². The van der Waals surface area contributed by atoms with Crippen molar-refractivity contribution in [3.63, 3.8) is 0 Å². The molecule has 0 fully saturated rings. The first-order valence-electron chi connectivity index (χ1n) is 4.32. The molecule has 1 aliphatic rings. The van der Waals surface area contributed by atoms with Crippen molar-refractivity contribution in [1.82, 2.24) is 9.97 Å². The third-order valence-corrected chi connectivity index (χ3v) is 2.31. The number of aryl methyl sites for hydroxylation is 2. The summed E-state index contributed by atoms with van der Waals surface area (Å²) in [5.74, 6) is 0.865. The van der Waals surface area contributed by atoms with Gasteiger partial charge < -0.3 is 5.73 Å². The molecule has 1 heterocycles. The van der Waals surface area contributed by atoms with Crippen LogP contribution >= 0.6 is 12.4 Å². The molecule has 0 aliphatic heterocycles. The van der Waals surface area contributed by atoms with E-state index in [0.29, 0.717) is 6.04 Å². The summed E-state index contributed by atoms with van der Waals surface area (Å²) >= 11 is 0. The van der Waals surface area contributed by atoms with Crippen LogP contribution in [0.5, 0.6) is 0 Å². The average Bonchev–Trinajstić information content (AvgIpc) is 2.05. The van der Waals surface area contributed by atoms with E-state index in [1.54, 1.807) is 0 Å². The molecular weight excluding hydrogens is 186 g/mol. The van der Waals surface area contributed by atoms with Gasteiger partial charge in [0.25, 0.3) is 0 Å². The van der Waals surface area contributed by atoms with E-state index in [1.165, 1.54) is 11.3 Å². The zero-order valence-corrected chi connectivity index (χ0v) is 8.47. The highest BCUT2D eigenvalue weighted by atomic mass is 35.5. The highest BCUT2D eigenvalue weighted by molar-refractivity contribution is 5.85. The highest BCUT2D eigenvalue weighted by Gasteiger charge is 2.16. The molecule has 13 heavy (non-hydrogen) atoms. The lowest BCUT2D eigenvalue weighted by atomic mass is 9.93. The Morgan fingerprint density at radius 2 is 2.31 bits per heavy atom. The van der Waals surface area contributed by atoms with Crippen LogP contribution in [0.3, 0.4) is 0 Å². The largest absolute Gasteiger partial charge is 0.327 e. The molecule has 4 heteroatoms. The maximum Gasteiger partial charge on any atom is 0.125 e. The molecule has 1 unspecified atom stereocenters. The summed E-state index contributed by atoms with van der Waals surface area (Å²) in [7, 11) is 0. The monoisotopic (exact) mass is 199 g/mol. The number of fused-ring (bicyclic) bond motifs is 1. The van der Waals surface area contributed by atoms with Gasteiger partial charge in [0.1, 0.15) is 5.82 Å². The Labute approximate surface area is 84.2 Å². The normalized spacial score (nSPS) is 20.3. The van der Waals surface area contributed by atoms with Crippen LogP contribution in [0.25, 0.3) is 0 Å². The number of nitrogens with zero attached hydrogens (tertiary/aromatic N) is 2. The summed E-state index contributed by atoms with van der Waals surface area (Å²) in [4.78, 5) is 8.54. The van der Waals surface area contributed by atoms with Crippen molar-refractivity contribution >= 4 is 12.4 Å². The molecule has 0 saturated heterocycles. The molecule has 2 rings (SSSR count). The zero-order valence-electron chi connectivity index (χ0n) is 7.66. The molecule has 0 aromatic carbocycles. The number of hydrogen-bond donors (Lipinski definition) is 1. The van der Waals surface area contributed by atoms with Gasteiger partial charge in [0, 0.05) is 17.9 Å². The van der Waals surface area contributed by atoms with Crippen molar-refractivity contribution < 1.29 is 0 Å². The van der Waals surface area contributed by atoms with Crippen LogP contribution in [-0.2, 0) is 12.8 Å². The molecule has 0 saturated carbocycles. The minimum Gasteiger partial charge on any atom is -0.327 e. The van der Waals surface area contributed by atoms with Crippen LogP contribution in [0.1, 0.15) is 23.5 Å². The van der Waals surface area contributed by atoms with Gasteiger partial charge in [-0.1, -0.05) is 0 Å². The Hall–Kier alpha value is -0.670. The fraction of sp³-hybridized carbons (Fsp3) is 0.556. The van der Waals surface area contributed by atoms with Crippen molar-refractivity contribution in [2.24, 2.45) is 5.73 Å². The van der Waals surface area contributed by atoms with Crippen molar-refractivity contribution in [1.29, 1.82) is 0 Å². The molecule has 3 nitrogen and oxygen atoms in total. The lowest BCUT2D eigenvalue weighted by molar-refractivity contribution is 0.562. The molecular formula is C9H14ClN3. The van der Waals surface area contributed by atoms with Gasteiger partial charge >= 0.3 is 0 Å². The molecule has 1 atom stereocenters. The Balaban J connectivity index is 0.000000845. The second kappa shape index (κ2) is 4.03. The first kappa shape index (κ1) is 10.4. The van der Waals surface area contributed by atoms with E-state index in [4.69, 9.17) is 5.73 Å². The van der Waals surface area contributed by atoms with Crippen molar-refractivity contribution in [3.05, 3.63) is 23.3 Å². The summed E-state index contributed by atoms with van der Waals surface area (Å²) in [5.41, 5.74) is 8.27. The fourth-order valence-corrected chi connectivity index (χ4v) is 1.64. The molecule has 1 aliphatic carbocycles. The average molecular weight is 200 g/mol. The van der Waals surface area contributed by atoms with Crippen LogP contribution in [0.4, 0.5) is 0 Å². The highest BCUT2D eigenvalue weighted by Crippen LogP contribution is 2.17. The molecule has 2 N–H and O–H groups in total. The number of hydrogen-bond acceptors (Lipinski definition) is 3.